The lowest BCUT2D eigenvalue weighted by atomic mass is 9.90. The number of nitrogens with one attached hydrogen (secondary N) is 1. The highest BCUT2D eigenvalue weighted by atomic mass is 16.2. The molecule has 15 heavy (non-hydrogen) atoms. The zero-order chi connectivity index (χ0) is 11.3. The van der Waals surface area contributed by atoms with Crippen LogP contribution in [0.5, 0.6) is 0 Å². The Labute approximate surface area is 92.2 Å². The van der Waals surface area contributed by atoms with Crippen molar-refractivity contribution in [1.82, 2.24) is 10.2 Å². The van der Waals surface area contributed by atoms with Gasteiger partial charge in [0.2, 0.25) is 0 Å². The van der Waals surface area contributed by atoms with E-state index in [-0.39, 0.29) is 11.6 Å². The zero-order valence-corrected chi connectivity index (χ0v) is 9.88. The van der Waals surface area contributed by atoms with Crippen molar-refractivity contribution in [1.29, 1.82) is 0 Å². The van der Waals surface area contributed by atoms with Crippen LogP contribution in [0.2, 0.25) is 0 Å². The van der Waals surface area contributed by atoms with E-state index in [0.717, 1.165) is 12.8 Å². The summed E-state index contributed by atoms with van der Waals surface area (Å²) in [5.74, 6) is 0. The molecule has 1 aliphatic rings. The Morgan fingerprint density at radius 2 is 1.80 bits per heavy atom. The topological polar surface area (TPSA) is 58.4 Å². The fourth-order valence-electron chi connectivity index (χ4n) is 2.12. The van der Waals surface area contributed by atoms with Gasteiger partial charge in [-0.05, 0) is 12.8 Å². The largest absolute Gasteiger partial charge is 0.331 e. The van der Waals surface area contributed by atoms with E-state index in [0.29, 0.717) is 6.54 Å². The van der Waals surface area contributed by atoms with E-state index in [9.17, 15) is 4.79 Å². The maximum Gasteiger partial charge on any atom is 0.317 e. The molecule has 1 fully saturated rings. The molecule has 4 heteroatoms. The Bertz CT molecular complexity index is 208. The molecule has 0 heterocycles. The van der Waals surface area contributed by atoms with E-state index in [1.54, 1.807) is 19.0 Å². The summed E-state index contributed by atoms with van der Waals surface area (Å²) in [6.07, 6.45) is 6.90. The minimum Gasteiger partial charge on any atom is -0.331 e. The highest BCUT2D eigenvalue weighted by Gasteiger charge is 2.31. The summed E-state index contributed by atoms with van der Waals surface area (Å²) in [6.45, 7) is 0.548. The normalized spacial score (nSPS) is 20.5. The molecule has 0 saturated heterocycles. The van der Waals surface area contributed by atoms with Crippen molar-refractivity contribution < 1.29 is 4.79 Å². The third kappa shape index (κ3) is 3.38. The Balaban J connectivity index is 2.61. The van der Waals surface area contributed by atoms with Gasteiger partial charge in [0, 0.05) is 20.6 Å². The van der Waals surface area contributed by atoms with Gasteiger partial charge in [-0.3, -0.25) is 0 Å². The summed E-state index contributed by atoms with van der Waals surface area (Å²) in [7, 11) is 3.52. The maximum atomic E-state index is 11.6. The number of urea groups is 1. The number of hydrogen-bond acceptors (Lipinski definition) is 2. The summed E-state index contributed by atoms with van der Waals surface area (Å²) in [4.78, 5) is 13.2. The molecule has 4 nitrogen and oxygen atoms in total. The maximum absolute atomic E-state index is 11.6. The summed E-state index contributed by atoms with van der Waals surface area (Å²) in [5, 5.41) is 3.08. The van der Waals surface area contributed by atoms with Crippen molar-refractivity contribution in [3.63, 3.8) is 0 Å². The van der Waals surface area contributed by atoms with Gasteiger partial charge in [0.15, 0.2) is 0 Å². The smallest absolute Gasteiger partial charge is 0.317 e. The van der Waals surface area contributed by atoms with Crippen LogP contribution in [0, 0.1) is 0 Å². The van der Waals surface area contributed by atoms with E-state index >= 15 is 0 Å². The summed E-state index contributed by atoms with van der Waals surface area (Å²) in [5.41, 5.74) is 5.67. The fraction of sp³-hybridized carbons (Fsp3) is 0.909. The van der Waals surface area contributed by atoms with Crippen molar-refractivity contribution in [3.8, 4) is 0 Å². The minimum absolute atomic E-state index is 0.0256. The van der Waals surface area contributed by atoms with Gasteiger partial charge in [-0.1, -0.05) is 25.7 Å². The lowest BCUT2D eigenvalue weighted by Gasteiger charge is -2.33. The second kappa shape index (κ2) is 5.35. The molecule has 1 aliphatic carbocycles. The molecule has 0 unspecified atom stereocenters. The molecule has 2 amide bonds. The van der Waals surface area contributed by atoms with Crippen LogP contribution >= 0.6 is 0 Å². The standard InChI is InChI=1S/C11H23N3O/c1-14(2)10(15)13-11(9-12)7-5-3-4-6-8-11/h3-9,12H2,1-2H3,(H,13,15). The monoisotopic (exact) mass is 213 g/mol. The van der Waals surface area contributed by atoms with E-state index in [1.807, 2.05) is 0 Å². The molecular weight excluding hydrogens is 190 g/mol. The SMILES string of the molecule is CN(C)C(=O)NC1(CN)CCCCCC1. The van der Waals surface area contributed by atoms with Crippen LogP contribution in [0.4, 0.5) is 4.79 Å². The molecular formula is C11H23N3O. The van der Waals surface area contributed by atoms with Crippen LogP contribution in [-0.2, 0) is 0 Å². The highest BCUT2D eigenvalue weighted by Crippen LogP contribution is 2.26. The molecule has 0 bridgehead atoms. The number of nitrogens with zero attached hydrogens (tertiary/aromatic N) is 1. The van der Waals surface area contributed by atoms with E-state index in [2.05, 4.69) is 5.32 Å². The fourth-order valence-corrected chi connectivity index (χ4v) is 2.12. The molecule has 0 aliphatic heterocycles. The van der Waals surface area contributed by atoms with Gasteiger partial charge in [-0.2, -0.15) is 0 Å². The predicted octanol–water partition coefficient (Wildman–Crippen LogP) is 1.31. The Morgan fingerprint density at radius 3 is 2.20 bits per heavy atom. The van der Waals surface area contributed by atoms with Crippen LogP contribution in [0.15, 0.2) is 0 Å². The average Bonchev–Trinajstić information content (AvgIpc) is 2.44. The predicted molar refractivity (Wildman–Crippen MR) is 61.7 cm³/mol. The van der Waals surface area contributed by atoms with Gasteiger partial charge >= 0.3 is 6.03 Å². The number of nitrogens with two attached hydrogens (primary N) is 1. The second-order valence-electron chi connectivity index (χ2n) is 4.72. The quantitative estimate of drug-likeness (QED) is 0.679. The highest BCUT2D eigenvalue weighted by molar-refractivity contribution is 5.74. The van der Waals surface area contributed by atoms with Crippen LogP contribution in [0.1, 0.15) is 38.5 Å². The van der Waals surface area contributed by atoms with Gasteiger partial charge in [-0.15, -0.1) is 0 Å². The van der Waals surface area contributed by atoms with E-state index < -0.39 is 0 Å². The lowest BCUT2D eigenvalue weighted by Crippen LogP contribution is -2.55. The minimum atomic E-state index is -0.155. The molecule has 1 rings (SSSR count). The van der Waals surface area contributed by atoms with Gasteiger partial charge in [0.25, 0.3) is 0 Å². The summed E-state index contributed by atoms with van der Waals surface area (Å²) in [6, 6.07) is -0.0256. The van der Waals surface area contributed by atoms with Gasteiger partial charge in [0.05, 0.1) is 5.54 Å². The second-order valence-corrected chi connectivity index (χ2v) is 4.72. The van der Waals surface area contributed by atoms with Gasteiger partial charge < -0.3 is 16.0 Å². The van der Waals surface area contributed by atoms with Gasteiger partial charge in [0.1, 0.15) is 0 Å². The zero-order valence-electron chi connectivity index (χ0n) is 9.88. The first-order chi connectivity index (χ1) is 7.09. The summed E-state index contributed by atoms with van der Waals surface area (Å²) < 4.78 is 0. The van der Waals surface area contributed by atoms with E-state index in [1.165, 1.54) is 25.7 Å². The van der Waals surface area contributed by atoms with Crippen LogP contribution in [-0.4, -0.2) is 37.1 Å². The van der Waals surface area contributed by atoms with Crippen molar-refractivity contribution in [3.05, 3.63) is 0 Å². The summed E-state index contributed by atoms with van der Waals surface area (Å²) >= 11 is 0. The first-order valence-electron chi connectivity index (χ1n) is 5.79. The van der Waals surface area contributed by atoms with Crippen molar-refractivity contribution >= 4 is 6.03 Å². The molecule has 0 aromatic carbocycles. The molecule has 0 aromatic heterocycles. The Morgan fingerprint density at radius 1 is 1.27 bits per heavy atom. The first kappa shape index (κ1) is 12.3. The number of carbonyl (C=O) groups is 1. The van der Waals surface area contributed by atoms with Crippen molar-refractivity contribution in [2.45, 2.75) is 44.1 Å². The van der Waals surface area contributed by atoms with Crippen molar-refractivity contribution in [2.75, 3.05) is 20.6 Å². The molecule has 0 atom stereocenters. The number of carbonyl (C=O) groups excluding carboxylic acids is 1. The number of hydrogen-bond donors (Lipinski definition) is 2. The molecule has 0 spiro atoms. The first-order valence-corrected chi connectivity index (χ1v) is 5.79. The number of amides is 2. The third-order valence-corrected chi connectivity index (χ3v) is 3.23. The third-order valence-electron chi connectivity index (χ3n) is 3.23. The van der Waals surface area contributed by atoms with E-state index in [4.69, 9.17) is 5.73 Å². The lowest BCUT2D eigenvalue weighted by molar-refractivity contribution is 0.195. The van der Waals surface area contributed by atoms with Crippen LogP contribution in [0.3, 0.4) is 0 Å². The number of rotatable bonds is 2. The Kier molecular flexibility index (Phi) is 4.39. The molecule has 88 valence electrons. The molecule has 3 N–H and O–H groups in total. The van der Waals surface area contributed by atoms with Crippen LogP contribution in [0.25, 0.3) is 0 Å². The average molecular weight is 213 g/mol. The van der Waals surface area contributed by atoms with Crippen LogP contribution < -0.4 is 11.1 Å². The molecule has 0 radical (unpaired) electrons. The molecule has 0 aromatic rings. The molecule has 1 saturated carbocycles. The van der Waals surface area contributed by atoms with Gasteiger partial charge in [-0.25, -0.2) is 4.79 Å². The van der Waals surface area contributed by atoms with Crippen molar-refractivity contribution in [2.24, 2.45) is 5.73 Å². The Hall–Kier alpha value is -0.770.